The van der Waals surface area contributed by atoms with Crippen LogP contribution in [-0.4, -0.2) is 46.6 Å². The number of hydrogen-bond donors (Lipinski definition) is 0. The number of likely N-dealkylation sites (tertiary alicyclic amines) is 2. The molecule has 2 aliphatic rings. The van der Waals surface area contributed by atoms with Crippen LogP contribution in [-0.2, 0) is 0 Å². The molecular formula is C15H30N2. The zero-order valence-corrected chi connectivity index (χ0v) is 12.8. The minimum absolute atomic E-state index is 0.324. The molecule has 0 aromatic rings. The van der Waals surface area contributed by atoms with Crippen LogP contribution in [0.15, 0.2) is 0 Å². The van der Waals surface area contributed by atoms with Gasteiger partial charge in [-0.3, -0.25) is 9.80 Å². The van der Waals surface area contributed by atoms with Gasteiger partial charge in [0, 0.05) is 35.6 Å². The fourth-order valence-corrected chi connectivity index (χ4v) is 3.60. The first-order valence-corrected chi connectivity index (χ1v) is 7.08. The molecule has 2 aliphatic heterocycles. The summed E-state index contributed by atoms with van der Waals surface area (Å²) in [7, 11) is 0. The fraction of sp³-hybridized carbons (Fsp3) is 1.00. The lowest BCUT2D eigenvalue weighted by atomic mass is 9.71. The zero-order valence-electron chi connectivity index (χ0n) is 12.8. The highest BCUT2D eigenvalue weighted by Crippen LogP contribution is 2.48. The Morgan fingerprint density at radius 1 is 0.941 bits per heavy atom. The van der Waals surface area contributed by atoms with E-state index in [-0.39, 0.29) is 0 Å². The fourth-order valence-electron chi connectivity index (χ4n) is 3.60. The summed E-state index contributed by atoms with van der Waals surface area (Å²) >= 11 is 0. The Labute approximate surface area is 107 Å². The quantitative estimate of drug-likeness (QED) is 0.640. The van der Waals surface area contributed by atoms with Crippen LogP contribution in [0.3, 0.4) is 0 Å². The molecule has 100 valence electrons. The summed E-state index contributed by atoms with van der Waals surface area (Å²) in [5, 5.41) is 0. The Bertz CT molecular complexity index is 289. The average molecular weight is 238 g/mol. The Balaban J connectivity index is 2.03. The van der Waals surface area contributed by atoms with Gasteiger partial charge in [0.15, 0.2) is 0 Å². The van der Waals surface area contributed by atoms with Crippen LogP contribution < -0.4 is 0 Å². The smallest absolute Gasteiger partial charge is 0.0154 e. The first kappa shape index (κ1) is 13.4. The molecule has 2 nitrogen and oxygen atoms in total. The van der Waals surface area contributed by atoms with Gasteiger partial charge in [0.05, 0.1) is 0 Å². The second kappa shape index (κ2) is 3.71. The standard InChI is InChI=1S/C15H30N2/c1-12-15(8-9-17(12)14(5,6)7)10-16(11-15)13(2,3)4/h12H,8-11H2,1-7H3/t12-/m1/s1. The average Bonchev–Trinajstić information content (AvgIpc) is 2.36. The van der Waals surface area contributed by atoms with Crippen molar-refractivity contribution in [1.29, 1.82) is 0 Å². The van der Waals surface area contributed by atoms with Crippen molar-refractivity contribution >= 4 is 0 Å². The van der Waals surface area contributed by atoms with Gasteiger partial charge in [0.2, 0.25) is 0 Å². The van der Waals surface area contributed by atoms with E-state index in [1.165, 1.54) is 26.1 Å². The minimum atomic E-state index is 0.324. The molecule has 0 bridgehead atoms. The normalized spacial score (nSPS) is 30.9. The van der Waals surface area contributed by atoms with Crippen molar-refractivity contribution in [1.82, 2.24) is 9.80 Å². The predicted molar refractivity (Wildman–Crippen MR) is 74.3 cm³/mol. The summed E-state index contributed by atoms with van der Waals surface area (Å²) in [4.78, 5) is 5.34. The van der Waals surface area contributed by atoms with Crippen molar-refractivity contribution in [2.24, 2.45) is 5.41 Å². The summed E-state index contributed by atoms with van der Waals surface area (Å²) in [5.41, 5.74) is 1.26. The highest BCUT2D eigenvalue weighted by Gasteiger charge is 2.55. The van der Waals surface area contributed by atoms with Gasteiger partial charge in [-0.1, -0.05) is 0 Å². The third-order valence-corrected chi connectivity index (χ3v) is 5.03. The van der Waals surface area contributed by atoms with E-state index in [2.05, 4.69) is 58.3 Å². The Morgan fingerprint density at radius 2 is 1.47 bits per heavy atom. The van der Waals surface area contributed by atoms with Gasteiger partial charge < -0.3 is 0 Å². The van der Waals surface area contributed by atoms with Crippen LogP contribution in [0, 0.1) is 5.41 Å². The largest absolute Gasteiger partial charge is 0.297 e. The second-order valence-corrected chi connectivity index (χ2v) is 8.18. The maximum Gasteiger partial charge on any atom is 0.0154 e. The SMILES string of the molecule is C[C@H]1N(C(C)(C)C)CCC12CN(C(C)(C)C)C2. The van der Waals surface area contributed by atoms with Crippen molar-refractivity contribution < 1.29 is 0 Å². The first-order chi connectivity index (χ1) is 7.56. The van der Waals surface area contributed by atoms with E-state index >= 15 is 0 Å². The lowest BCUT2D eigenvalue weighted by Gasteiger charge is -2.57. The molecule has 0 aromatic carbocycles. The minimum Gasteiger partial charge on any atom is -0.297 e. The highest BCUT2D eigenvalue weighted by molar-refractivity contribution is 5.10. The lowest BCUT2D eigenvalue weighted by molar-refractivity contribution is -0.0798. The van der Waals surface area contributed by atoms with E-state index in [1.807, 2.05) is 0 Å². The topological polar surface area (TPSA) is 6.48 Å². The van der Waals surface area contributed by atoms with E-state index in [9.17, 15) is 0 Å². The van der Waals surface area contributed by atoms with Crippen molar-refractivity contribution in [3.63, 3.8) is 0 Å². The molecule has 1 atom stereocenters. The van der Waals surface area contributed by atoms with Crippen LogP contribution in [0.4, 0.5) is 0 Å². The molecule has 17 heavy (non-hydrogen) atoms. The van der Waals surface area contributed by atoms with E-state index in [0.29, 0.717) is 16.5 Å². The number of hydrogen-bond acceptors (Lipinski definition) is 2. The molecule has 0 unspecified atom stereocenters. The van der Waals surface area contributed by atoms with E-state index in [1.54, 1.807) is 0 Å². The third-order valence-electron chi connectivity index (χ3n) is 5.03. The van der Waals surface area contributed by atoms with Crippen molar-refractivity contribution in [3.8, 4) is 0 Å². The van der Waals surface area contributed by atoms with Gasteiger partial charge in [-0.05, 0) is 61.4 Å². The molecule has 0 aromatic heterocycles. The summed E-state index contributed by atoms with van der Waals surface area (Å²) in [6.45, 7) is 20.4. The van der Waals surface area contributed by atoms with Crippen molar-refractivity contribution in [2.75, 3.05) is 19.6 Å². The third kappa shape index (κ3) is 2.15. The highest BCUT2D eigenvalue weighted by atomic mass is 15.3. The van der Waals surface area contributed by atoms with Crippen LogP contribution in [0.5, 0.6) is 0 Å². The van der Waals surface area contributed by atoms with E-state index < -0.39 is 0 Å². The summed E-state index contributed by atoms with van der Waals surface area (Å²) in [5.74, 6) is 0. The first-order valence-electron chi connectivity index (χ1n) is 7.08. The number of rotatable bonds is 0. The Morgan fingerprint density at radius 3 is 1.82 bits per heavy atom. The van der Waals surface area contributed by atoms with E-state index in [4.69, 9.17) is 0 Å². The predicted octanol–water partition coefficient (Wildman–Crippen LogP) is 2.98. The Kier molecular flexibility index (Phi) is 2.91. The van der Waals surface area contributed by atoms with Gasteiger partial charge in [-0.2, -0.15) is 0 Å². The van der Waals surface area contributed by atoms with Crippen LogP contribution in [0.1, 0.15) is 54.9 Å². The van der Waals surface area contributed by atoms with Gasteiger partial charge in [0.25, 0.3) is 0 Å². The van der Waals surface area contributed by atoms with Crippen LogP contribution in [0.2, 0.25) is 0 Å². The maximum absolute atomic E-state index is 2.70. The lowest BCUT2D eigenvalue weighted by Crippen LogP contribution is -2.66. The van der Waals surface area contributed by atoms with Gasteiger partial charge in [-0.25, -0.2) is 0 Å². The Hall–Kier alpha value is -0.0800. The molecule has 2 heteroatoms. The monoisotopic (exact) mass is 238 g/mol. The number of nitrogens with zero attached hydrogens (tertiary/aromatic N) is 2. The summed E-state index contributed by atoms with van der Waals surface area (Å²) in [6, 6.07) is 0.737. The molecule has 1 spiro atoms. The van der Waals surface area contributed by atoms with Crippen LogP contribution in [0.25, 0.3) is 0 Å². The van der Waals surface area contributed by atoms with Crippen molar-refractivity contribution in [2.45, 2.75) is 72.0 Å². The molecule has 2 saturated heterocycles. The molecule has 0 amide bonds. The van der Waals surface area contributed by atoms with Crippen molar-refractivity contribution in [3.05, 3.63) is 0 Å². The molecule has 2 rings (SSSR count). The maximum atomic E-state index is 2.70. The molecule has 2 heterocycles. The molecule has 0 saturated carbocycles. The summed E-state index contributed by atoms with van der Waals surface area (Å²) < 4.78 is 0. The molecule has 0 radical (unpaired) electrons. The van der Waals surface area contributed by atoms with Gasteiger partial charge >= 0.3 is 0 Å². The van der Waals surface area contributed by atoms with Crippen LogP contribution >= 0.6 is 0 Å². The van der Waals surface area contributed by atoms with Gasteiger partial charge in [-0.15, -0.1) is 0 Å². The molecular weight excluding hydrogens is 208 g/mol. The molecule has 0 N–H and O–H groups in total. The molecule has 2 fully saturated rings. The van der Waals surface area contributed by atoms with Gasteiger partial charge in [0.1, 0.15) is 0 Å². The summed E-state index contributed by atoms with van der Waals surface area (Å²) in [6.07, 6.45) is 1.39. The van der Waals surface area contributed by atoms with E-state index in [0.717, 1.165) is 6.04 Å². The zero-order chi connectivity index (χ0) is 13.1. The second-order valence-electron chi connectivity index (χ2n) is 8.18. The molecule has 0 aliphatic carbocycles.